The summed E-state index contributed by atoms with van der Waals surface area (Å²) in [7, 11) is 3.15. The first-order valence-electron chi connectivity index (χ1n) is 9.59. The van der Waals surface area contributed by atoms with E-state index in [-0.39, 0.29) is 18.0 Å². The number of fused-ring (bicyclic) bond motifs is 2. The van der Waals surface area contributed by atoms with Crippen LogP contribution in [-0.4, -0.2) is 34.2 Å². The highest BCUT2D eigenvalue weighted by Gasteiger charge is 2.20. The van der Waals surface area contributed by atoms with Crippen LogP contribution < -0.4 is 20.3 Å². The van der Waals surface area contributed by atoms with Crippen molar-refractivity contribution in [3.63, 3.8) is 0 Å². The van der Waals surface area contributed by atoms with Crippen molar-refractivity contribution in [2.75, 3.05) is 14.2 Å². The summed E-state index contributed by atoms with van der Waals surface area (Å²) in [5, 5.41) is 2.90. The molecule has 1 aliphatic rings. The van der Waals surface area contributed by atoms with Gasteiger partial charge in [0.05, 0.1) is 19.7 Å². The summed E-state index contributed by atoms with van der Waals surface area (Å²) in [5.41, 5.74) is 2.82. The molecule has 0 saturated heterocycles. The average Bonchev–Trinajstić information content (AvgIpc) is 3.31. The molecule has 1 N–H and O–H groups in total. The van der Waals surface area contributed by atoms with Gasteiger partial charge in [-0.25, -0.2) is 4.98 Å². The molecule has 0 radical (unpaired) electrons. The predicted octanol–water partition coefficient (Wildman–Crippen LogP) is 1.79. The van der Waals surface area contributed by atoms with Crippen LogP contribution in [0.1, 0.15) is 23.5 Å². The van der Waals surface area contributed by atoms with Crippen LogP contribution in [0.2, 0.25) is 0 Å². The van der Waals surface area contributed by atoms with Crippen molar-refractivity contribution in [2.45, 2.75) is 39.4 Å². The Morgan fingerprint density at radius 1 is 1.21 bits per heavy atom. The molecule has 8 nitrogen and oxygen atoms in total. The first-order valence-corrected chi connectivity index (χ1v) is 9.59. The predicted molar refractivity (Wildman–Crippen MR) is 108 cm³/mol. The quantitative estimate of drug-likeness (QED) is 0.686. The summed E-state index contributed by atoms with van der Waals surface area (Å²) in [5.74, 6) is 1.90. The highest BCUT2D eigenvalue weighted by molar-refractivity contribution is 5.81. The number of aromatic nitrogens is 3. The SMILES string of the molecule is COc1ccc(CNC(=O)Cn2c(C)cc3nc4n(c(=O)c32)CCC4)cc1OC. The summed E-state index contributed by atoms with van der Waals surface area (Å²) in [4.78, 5) is 30.1. The van der Waals surface area contributed by atoms with Gasteiger partial charge in [-0.3, -0.25) is 14.2 Å². The van der Waals surface area contributed by atoms with Gasteiger partial charge in [0.25, 0.3) is 5.56 Å². The lowest BCUT2D eigenvalue weighted by atomic mass is 10.2. The van der Waals surface area contributed by atoms with Gasteiger partial charge >= 0.3 is 0 Å². The second-order valence-corrected chi connectivity index (χ2v) is 7.16. The first kappa shape index (κ1) is 19.0. The van der Waals surface area contributed by atoms with Crippen molar-refractivity contribution < 1.29 is 14.3 Å². The Hall–Kier alpha value is -3.29. The molecule has 3 aromatic rings. The van der Waals surface area contributed by atoms with Crippen LogP contribution in [0.4, 0.5) is 0 Å². The number of nitrogens with one attached hydrogen (secondary N) is 1. The minimum atomic E-state index is -0.176. The van der Waals surface area contributed by atoms with Crippen LogP contribution >= 0.6 is 0 Å². The topological polar surface area (TPSA) is 87.4 Å². The zero-order valence-corrected chi connectivity index (χ0v) is 16.8. The maximum atomic E-state index is 12.9. The number of amides is 1. The largest absolute Gasteiger partial charge is 0.493 e. The van der Waals surface area contributed by atoms with Gasteiger partial charge in [-0.2, -0.15) is 0 Å². The highest BCUT2D eigenvalue weighted by atomic mass is 16.5. The second kappa shape index (κ2) is 7.62. The molecule has 4 rings (SSSR count). The van der Waals surface area contributed by atoms with E-state index in [0.717, 1.165) is 29.9 Å². The fourth-order valence-corrected chi connectivity index (χ4v) is 3.82. The molecule has 0 bridgehead atoms. The first-order chi connectivity index (χ1) is 14.0. The van der Waals surface area contributed by atoms with E-state index in [4.69, 9.17) is 9.47 Å². The molecule has 8 heteroatoms. The van der Waals surface area contributed by atoms with Crippen LogP contribution in [0.3, 0.4) is 0 Å². The lowest BCUT2D eigenvalue weighted by Crippen LogP contribution is -2.29. The van der Waals surface area contributed by atoms with E-state index in [1.54, 1.807) is 29.4 Å². The lowest BCUT2D eigenvalue weighted by molar-refractivity contribution is -0.121. The molecule has 0 saturated carbocycles. The number of hydrogen-bond acceptors (Lipinski definition) is 5. The Bertz CT molecular complexity index is 1150. The van der Waals surface area contributed by atoms with Gasteiger partial charge in [-0.15, -0.1) is 0 Å². The van der Waals surface area contributed by atoms with Gasteiger partial charge in [-0.05, 0) is 37.1 Å². The molecule has 0 unspecified atom stereocenters. The lowest BCUT2D eigenvalue weighted by Gasteiger charge is -2.12. The van der Waals surface area contributed by atoms with Crippen molar-refractivity contribution in [1.29, 1.82) is 0 Å². The van der Waals surface area contributed by atoms with Crippen molar-refractivity contribution in [2.24, 2.45) is 0 Å². The zero-order valence-electron chi connectivity index (χ0n) is 16.8. The molecule has 0 atom stereocenters. The van der Waals surface area contributed by atoms with Crippen LogP contribution in [0.15, 0.2) is 29.1 Å². The smallest absolute Gasteiger partial charge is 0.278 e. The molecule has 1 aliphatic heterocycles. The van der Waals surface area contributed by atoms with E-state index in [1.807, 2.05) is 25.1 Å². The average molecular weight is 396 g/mol. The maximum absolute atomic E-state index is 12.9. The molecule has 29 heavy (non-hydrogen) atoms. The van der Waals surface area contributed by atoms with Gasteiger partial charge in [0.2, 0.25) is 5.91 Å². The molecule has 0 fully saturated rings. The molecule has 3 heterocycles. The molecular formula is C21H24N4O4. The summed E-state index contributed by atoms with van der Waals surface area (Å²) < 4.78 is 14.0. The van der Waals surface area contributed by atoms with Crippen LogP contribution in [0.25, 0.3) is 11.0 Å². The molecule has 1 amide bonds. The summed E-state index contributed by atoms with van der Waals surface area (Å²) in [6.45, 7) is 2.99. The number of aryl methyl sites for hydroxylation is 2. The van der Waals surface area contributed by atoms with E-state index in [9.17, 15) is 9.59 Å². The van der Waals surface area contributed by atoms with Crippen molar-refractivity contribution in [3.05, 3.63) is 51.7 Å². The zero-order chi connectivity index (χ0) is 20.5. The van der Waals surface area contributed by atoms with Crippen molar-refractivity contribution in [3.8, 4) is 11.5 Å². The van der Waals surface area contributed by atoms with E-state index in [0.29, 0.717) is 35.6 Å². The van der Waals surface area contributed by atoms with Gasteiger partial charge < -0.3 is 19.4 Å². The molecule has 152 valence electrons. The summed E-state index contributed by atoms with van der Waals surface area (Å²) in [6, 6.07) is 7.38. The van der Waals surface area contributed by atoms with E-state index in [2.05, 4.69) is 10.3 Å². The van der Waals surface area contributed by atoms with E-state index in [1.165, 1.54) is 0 Å². The van der Waals surface area contributed by atoms with Gasteiger partial charge in [0.15, 0.2) is 11.5 Å². The van der Waals surface area contributed by atoms with Crippen LogP contribution in [0.5, 0.6) is 11.5 Å². The number of hydrogen-bond donors (Lipinski definition) is 1. The Morgan fingerprint density at radius 3 is 2.76 bits per heavy atom. The van der Waals surface area contributed by atoms with E-state index < -0.39 is 0 Å². The third-order valence-electron chi connectivity index (χ3n) is 5.31. The van der Waals surface area contributed by atoms with Gasteiger partial charge in [-0.1, -0.05) is 6.07 Å². The normalized spacial score (nSPS) is 12.8. The number of carbonyl (C=O) groups excluding carboxylic acids is 1. The molecule has 0 spiro atoms. The Balaban J connectivity index is 1.53. The maximum Gasteiger partial charge on any atom is 0.278 e. The van der Waals surface area contributed by atoms with E-state index >= 15 is 0 Å². The highest BCUT2D eigenvalue weighted by Crippen LogP contribution is 2.27. The number of carbonyl (C=O) groups is 1. The third-order valence-corrected chi connectivity index (χ3v) is 5.31. The minimum Gasteiger partial charge on any atom is -0.493 e. The number of benzene rings is 1. The molecule has 0 aliphatic carbocycles. The van der Waals surface area contributed by atoms with Crippen LogP contribution in [-0.2, 0) is 30.8 Å². The Labute approximate surface area is 168 Å². The standard InChI is InChI=1S/C21H24N4O4/c1-13-9-15-20(21(27)24-8-4-5-18(24)23-15)25(13)12-19(26)22-11-14-6-7-16(28-2)17(10-14)29-3/h6-7,9-10H,4-5,8,11-12H2,1-3H3,(H,22,26). The van der Waals surface area contributed by atoms with Crippen molar-refractivity contribution >= 4 is 16.9 Å². The summed E-state index contributed by atoms with van der Waals surface area (Å²) >= 11 is 0. The summed E-state index contributed by atoms with van der Waals surface area (Å²) in [6.07, 6.45) is 1.75. The Morgan fingerprint density at radius 2 is 2.00 bits per heavy atom. The van der Waals surface area contributed by atoms with Crippen LogP contribution in [0, 0.1) is 6.92 Å². The Kier molecular flexibility index (Phi) is 5.00. The molecule has 2 aromatic heterocycles. The number of methoxy groups -OCH3 is 2. The van der Waals surface area contributed by atoms with Gasteiger partial charge in [0.1, 0.15) is 17.9 Å². The number of rotatable bonds is 6. The third kappa shape index (κ3) is 3.46. The van der Waals surface area contributed by atoms with Gasteiger partial charge in [0, 0.05) is 25.2 Å². The second-order valence-electron chi connectivity index (χ2n) is 7.16. The number of nitrogens with zero attached hydrogens (tertiary/aromatic N) is 3. The monoisotopic (exact) mass is 396 g/mol. The minimum absolute atomic E-state index is 0.0664. The fraction of sp³-hybridized carbons (Fsp3) is 0.381. The molecule has 1 aromatic carbocycles. The van der Waals surface area contributed by atoms with Crippen molar-refractivity contribution in [1.82, 2.24) is 19.4 Å². The fourth-order valence-electron chi connectivity index (χ4n) is 3.82. The molecular weight excluding hydrogens is 372 g/mol. The number of ether oxygens (including phenoxy) is 2.